The highest BCUT2D eigenvalue weighted by Crippen LogP contribution is 2.39. The van der Waals surface area contributed by atoms with Crippen molar-refractivity contribution in [2.45, 2.75) is 6.54 Å². The van der Waals surface area contributed by atoms with Gasteiger partial charge in [0.05, 0.1) is 27.9 Å². The van der Waals surface area contributed by atoms with Gasteiger partial charge < -0.3 is 24.1 Å². The van der Waals surface area contributed by atoms with Crippen LogP contribution in [0, 0.1) is 0 Å². The van der Waals surface area contributed by atoms with Gasteiger partial charge in [0.2, 0.25) is 5.75 Å². The van der Waals surface area contributed by atoms with Crippen molar-refractivity contribution >= 4 is 5.69 Å². The molecule has 0 bridgehead atoms. The van der Waals surface area contributed by atoms with Crippen LogP contribution in [0.25, 0.3) is 0 Å². The van der Waals surface area contributed by atoms with Crippen molar-refractivity contribution in [3.63, 3.8) is 0 Å². The molecule has 0 aliphatic heterocycles. The van der Waals surface area contributed by atoms with Crippen LogP contribution in [0.15, 0.2) is 18.5 Å². The summed E-state index contributed by atoms with van der Waals surface area (Å²) in [7, 11) is 6.65. The summed E-state index contributed by atoms with van der Waals surface area (Å²) in [6.45, 7) is 0.551. The van der Waals surface area contributed by atoms with Crippen LogP contribution in [-0.2, 0) is 13.6 Å². The molecule has 1 N–H and O–H groups in total. The highest BCUT2D eigenvalue weighted by molar-refractivity contribution is 5.62. The van der Waals surface area contributed by atoms with Crippen molar-refractivity contribution in [1.82, 2.24) is 14.8 Å². The van der Waals surface area contributed by atoms with Gasteiger partial charge in [-0.3, -0.25) is 0 Å². The summed E-state index contributed by atoms with van der Waals surface area (Å²) in [5, 5.41) is 11.1. The number of hydrogen-bond donors (Lipinski definition) is 1. The van der Waals surface area contributed by atoms with E-state index in [-0.39, 0.29) is 0 Å². The predicted octanol–water partition coefficient (Wildman–Crippen LogP) is 1.45. The summed E-state index contributed by atoms with van der Waals surface area (Å²) in [4.78, 5) is 0. The lowest BCUT2D eigenvalue weighted by Crippen LogP contribution is -2.06. The Morgan fingerprint density at radius 1 is 1.10 bits per heavy atom. The molecule has 7 heteroatoms. The first-order chi connectivity index (χ1) is 9.69. The summed E-state index contributed by atoms with van der Waals surface area (Å²) >= 11 is 0. The average Bonchev–Trinajstić information content (AvgIpc) is 2.89. The fourth-order valence-electron chi connectivity index (χ4n) is 1.83. The molecule has 2 aromatic rings. The number of nitrogens with zero attached hydrogens (tertiary/aromatic N) is 3. The van der Waals surface area contributed by atoms with E-state index in [1.165, 1.54) is 0 Å². The lowest BCUT2D eigenvalue weighted by molar-refractivity contribution is 0.324. The molecule has 0 saturated heterocycles. The zero-order valence-electron chi connectivity index (χ0n) is 12.0. The second-order valence-corrected chi connectivity index (χ2v) is 4.13. The summed E-state index contributed by atoms with van der Waals surface area (Å²) in [5.74, 6) is 2.61. The van der Waals surface area contributed by atoms with Crippen LogP contribution >= 0.6 is 0 Å². The first-order valence-corrected chi connectivity index (χ1v) is 6.06. The van der Waals surface area contributed by atoms with Gasteiger partial charge >= 0.3 is 0 Å². The van der Waals surface area contributed by atoms with Crippen LogP contribution in [-0.4, -0.2) is 36.1 Å². The molecular weight excluding hydrogens is 260 g/mol. The lowest BCUT2D eigenvalue weighted by Gasteiger charge is -2.14. The summed E-state index contributed by atoms with van der Waals surface area (Å²) < 4.78 is 17.7. The SMILES string of the molecule is COc1cc(NCc2nncn2C)cc(OC)c1OC. The molecule has 0 radical (unpaired) electrons. The summed E-state index contributed by atoms with van der Waals surface area (Å²) in [5.41, 5.74) is 0.850. The molecule has 2 rings (SSSR count). The number of rotatable bonds is 6. The van der Waals surface area contributed by atoms with E-state index in [9.17, 15) is 0 Å². The number of aryl methyl sites for hydroxylation is 1. The number of nitrogens with one attached hydrogen (secondary N) is 1. The quantitative estimate of drug-likeness (QED) is 0.862. The normalized spacial score (nSPS) is 10.2. The number of hydrogen-bond acceptors (Lipinski definition) is 6. The van der Waals surface area contributed by atoms with E-state index in [1.807, 2.05) is 23.7 Å². The van der Waals surface area contributed by atoms with Crippen molar-refractivity contribution in [1.29, 1.82) is 0 Å². The number of ether oxygens (including phenoxy) is 3. The number of aromatic nitrogens is 3. The maximum absolute atomic E-state index is 5.30. The van der Waals surface area contributed by atoms with Gasteiger partial charge in [-0.1, -0.05) is 0 Å². The van der Waals surface area contributed by atoms with Gasteiger partial charge in [0.1, 0.15) is 6.33 Å². The van der Waals surface area contributed by atoms with E-state index < -0.39 is 0 Å². The molecule has 0 aliphatic carbocycles. The zero-order valence-corrected chi connectivity index (χ0v) is 12.0. The molecule has 1 heterocycles. The Bertz CT molecular complexity index is 558. The monoisotopic (exact) mass is 278 g/mol. The second kappa shape index (κ2) is 6.14. The van der Waals surface area contributed by atoms with E-state index in [0.717, 1.165) is 11.5 Å². The predicted molar refractivity (Wildman–Crippen MR) is 74.4 cm³/mol. The van der Waals surface area contributed by atoms with Crippen molar-refractivity contribution in [2.75, 3.05) is 26.6 Å². The molecule has 0 unspecified atom stereocenters. The van der Waals surface area contributed by atoms with E-state index in [0.29, 0.717) is 23.8 Å². The molecule has 20 heavy (non-hydrogen) atoms. The van der Waals surface area contributed by atoms with Crippen molar-refractivity contribution in [3.8, 4) is 17.2 Å². The van der Waals surface area contributed by atoms with Gasteiger partial charge in [-0.25, -0.2) is 0 Å². The van der Waals surface area contributed by atoms with Crippen LogP contribution in [0.2, 0.25) is 0 Å². The zero-order chi connectivity index (χ0) is 14.5. The third kappa shape index (κ3) is 2.76. The molecule has 1 aromatic carbocycles. The third-order valence-electron chi connectivity index (χ3n) is 2.92. The molecular formula is C13H18N4O3. The fraction of sp³-hybridized carbons (Fsp3) is 0.385. The number of anilines is 1. The summed E-state index contributed by atoms with van der Waals surface area (Å²) in [6, 6.07) is 3.69. The molecule has 0 aliphatic rings. The van der Waals surface area contributed by atoms with Crippen LogP contribution in [0.3, 0.4) is 0 Å². The average molecular weight is 278 g/mol. The Labute approximate surface area is 117 Å². The van der Waals surface area contributed by atoms with E-state index in [2.05, 4.69) is 15.5 Å². The standard InChI is InChI=1S/C13H18N4O3/c1-17-8-15-16-12(17)7-14-9-5-10(18-2)13(20-4)11(6-9)19-3/h5-6,8,14H,7H2,1-4H3. The number of benzene rings is 1. The van der Waals surface area contributed by atoms with Gasteiger partial charge in [-0.2, -0.15) is 0 Å². The van der Waals surface area contributed by atoms with Gasteiger partial charge in [0.25, 0.3) is 0 Å². The van der Waals surface area contributed by atoms with Crippen LogP contribution in [0.4, 0.5) is 5.69 Å². The minimum Gasteiger partial charge on any atom is -0.493 e. The first kappa shape index (κ1) is 14.0. The third-order valence-corrected chi connectivity index (χ3v) is 2.92. The van der Waals surface area contributed by atoms with Gasteiger partial charge in [-0.05, 0) is 0 Å². The molecule has 0 atom stereocenters. The highest BCUT2D eigenvalue weighted by Gasteiger charge is 2.13. The Kier molecular flexibility index (Phi) is 4.29. The Balaban J connectivity index is 2.21. The Morgan fingerprint density at radius 2 is 1.75 bits per heavy atom. The lowest BCUT2D eigenvalue weighted by atomic mass is 10.2. The maximum Gasteiger partial charge on any atom is 0.203 e. The molecule has 7 nitrogen and oxygen atoms in total. The highest BCUT2D eigenvalue weighted by atomic mass is 16.5. The Hall–Kier alpha value is -2.44. The van der Waals surface area contributed by atoms with Gasteiger partial charge in [0, 0.05) is 24.9 Å². The minimum absolute atomic E-state index is 0.551. The number of methoxy groups -OCH3 is 3. The molecule has 0 spiro atoms. The van der Waals surface area contributed by atoms with Crippen LogP contribution in [0.5, 0.6) is 17.2 Å². The van der Waals surface area contributed by atoms with E-state index in [1.54, 1.807) is 27.7 Å². The second-order valence-electron chi connectivity index (χ2n) is 4.13. The molecule has 0 amide bonds. The first-order valence-electron chi connectivity index (χ1n) is 6.06. The molecule has 1 aromatic heterocycles. The summed E-state index contributed by atoms with van der Waals surface area (Å²) in [6.07, 6.45) is 1.66. The fourth-order valence-corrected chi connectivity index (χ4v) is 1.83. The van der Waals surface area contributed by atoms with Crippen LogP contribution in [0.1, 0.15) is 5.82 Å². The Morgan fingerprint density at radius 3 is 2.20 bits per heavy atom. The van der Waals surface area contributed by atoms with Crippen LogP contribution < -0.4 is 19.5 Å². The van der Waals surface area contributed by atoms with Gasteiger partial charge in [0.15, 0.2) is 17.3 Å². The van der Waals surface area contributed by atoms with Crippen molar-refractivity contribution in [2.24, 2.45) is 7.05 Å². The minimum atomic E-state index is 0.551. The maximum atomic E-state index is 5.30. The largest absolute Gasteiger partial charge is 0.493 e. The van der Waals surface area contributed by atoms with Crippen molar-refractivity contribution in [3.05, 3.63) is 24.3 Å². The molecule has 0 fully saturated rings. The van der Waals surface area contributed by atoms with Gasteiger partial charge in [-0.15, -0.1) is 10.2 Å². The smallest absolute Gasteiger partial charge is 0.203 e. The van der Waals surface area contributed by atoms with Crippen molar-refractivity contribution < 1.29 is 14.2 Å². The molecule has 108 valence electrons. The van der Waals surface area contributed by atoms with E-state index in [4.69, 9.17) is 14.2 Å². The topological polar surface area (TPSA) is 70.4 Å². The van der Waals surface area contributed by atoms with E-state index >= 15 is 0 Å². The molecule has 0 saturated carbocycles.